The molecule has 32 heavy (non-hydrogen) atoms. The van der Waals surface area contributed by atoms with Gasteiger partial charge >= 0.3 is 12.0 Å². The lowest BCUT2D eigenvalue weighted by atomic mass is 10.1. The third kappa shape index (κ3) is 4.73. The van der Waals surface area contributed by atoms with E-state index in [4.69, 9.17) is 9.47 Å². The van der Waals surface area contributed by atoms with E-state index in [9.17, 15) is 9.59 Å². The lowest BCUT2D eigenvalue weighted by Crippen LogP contribution is -2.49. The van der Waals surface area contributed by atoms with Crippen molar-refractivity contribution in [3.05, 3.63) is 41.6 Å². The van der Waals surface area contributed by atoms with Crippen LogP contribution < -0.4 is 15.5 Å². The Bertz CT molecular complexity index is 1000. The molecule has 4 rings (SSSR count). The highest BCUT2D eigenvalue weighted by Crippen LogP contribution is 2.29. The van der Waals surface area contributed by atoms with E-state index in [2.05, 4.69) is 25.7 Å². The van der Waals surface area contributed by atoms with Crippen LogP contribution in [-0.2, 0) is 14.3 Å². The molecule has 2 aliphatic rings. The molecule has 1 atom stereocenters. The van der Waals surface area contributed by atoms with Crippen LogP contribution in [0.3, 0.4) is 0 Å². The summed E-state index contributed by atoms with van der Waals surface area (Å²) in [5, 5.41) is 15.0. The van der Waals surface area contributed by atoms with E-state index < -0.39 is 12.0 Å². The number of urea groups is 1. The number of rotatable bonds is 7. The van der Waals surface area contributed by atoms with Gasteiger partial charge in [0.25, 0.3) is 0 Å². The predicted octanol–water partition coefficient (Wildman–Crippen LogP) is 1.71. The van der Waals surface area contributed by atoms with Crippen molar-refractivity contribution in [3.63, 3.8) is 0 Å². The van der Waals surface area contributed by atoms with Crippen LogP contribution in [0.1, 0.15) is 13.8 Å². The van der Waals surface area contributed by atoms with Gasteiger partial charge in [0.2, 0.25) is 5.95 Å². The number of nitrogens with one attached hydrogen (secondary N) is 2. The summed E-state index contributed by atoms with van der Waals surface area (Å²) >= 11 is 1.40. The predicted molar refractivity (Wildman–Crippen MR) is 120 cm³/mol. The second-order valence-electron chi connectivity index (χ2n) is 7.27. The number of anilines is 1. The molecule has 3 heterocycles. The zero-order valence-corrected chi connectivity index (χ0v) is 18.9. The maximum absolute atomic E-state index is 12.5. The molecule has 170 valence electrons. The molecular weight excluding hydrogens is 432 g/mol. The number of carbonyl (C=O) groups excluding carboxylic acids is 2. The molecule has 2 amide bonds. The maximum Gasteiger partial charge on any atom is 0.337 e. The summed E-state index contributed by atoms with van der Waals surface area (Å²) in [5.74, 6) is 0.630. The zero-order chi connectivity index (χ0) is 22.5. The number of morpholine rings is 1. The molecule has 1 fully saturated rings. The summed E-state index contributed by atoms with van der Waals surface area (Å²) in [7, 11) is 0. The fourth-order valence-electron chi connectivity index (χ4n) is 3.66. The summed E-state index contributed by atoms with van der Waals surface area (Å²) in [6.45, 7) is 6.50. The van der Waals surface area contributed by atoms with Crippen LogP contribution in [0.4, 0.5) is 10.7 Å². The molecule has 1 unspecified atom stereocenters. The average molecular weight is 459 g/mol. The van der Waals surface area contributed by atoms with E-state index in [1.54, 1.807) is 13.8 Å². The molecule has 1 saturated heterocycles. The Balaban J connectivity index is 1.65. The van der Waals surface area contributed by atoms with Crippen LogP contribution >= 0.6 is 11.8 Å². The highest BCUT2D eigenvalue weighted by molar-refractivity contribution is 7.99. The molecular formula is C21H26N6O4S. The molecule has 0 radical (unpaired) electrons. The van der Waals surface area contributed by atoms with E-state index >= 15 is 0 Å². The second kappa shape index (κ2) is 10.0. The van der Waals surface area contributed by atoms with Crippen LogP contribution in [0, 0.1) is 0 Å². The third-order valence-corrected chi connectivity index (χ3v) is 6.09. The van der Waals surface area contributed by atoms with Gasteiger partial charge in [0, 0.05) is 24.5 Å². The van der Waals surface area contributed by atoms with Crippen LogP contribution in [0.25, 0.3) is 5.69 Å². The minimum atomic E-state index is -0.450. The summed E-state index contributed by atoms with van der Waals surface area (Å²) in [6.07, 6.45) is 0. The molecule has 10 nitrogen and oxygen atoms in total. The molecule has 1 aromatic heterocycles. The quantitative estimate of drug-likeness (QED) is 0.477. The van der Waals surface area contributed by atoms with Crippen LogP contribution in [-0.4, -0.2) is 71.5 Å². The monoisotopic (exact) mass is 458 g/mol. The van der Waals surface area contributed by atoms with Gasteiger partial charge in [0.15, 0.2) is 5.16 Å². The van der Waals surface area contributed by atoms with E-state index in [1.807, 2.05) is 34.9 Å². The molecule has 11 heteroatoms. The van der Waals surface area contributed by atoms with Gasteiger partial charge in [0.1, 0.15) is 0 Å². The Morgan fingerprint density at radius 2 is 2.00 bits per heavy atom. The van der Waals surface area contributed by atoms with Crippen molar-refractivity contribution in [2.75, 3.05) is 43.6 Å². The summed E-state index contributed by atoms with van der Waals surface area (Å²) in [6, 6.07) is 9.07. The van der Waals surface area contributed by atoms with Crippen molar-refractivity contribution in [2.24, 2.45) is 0 Å². The lowest BCUT2D eigenvalue weighted by molar-refractivity contribution is -0.138. The molecule has 0 saturated carbocycles. The normalized spacial score (nSPS) is 18.9. The third-order valence-electron chi connectivity index (χ3n) is 5.14. The number of amides is 2. The number of para-hydroxylation sites is 1. The topological polar surface area (TPSA) is 111 Å². The Kier molecular flexibility index (Phi) is 6.96. The highest BCUT2D eigenvalue weighted by atomic mass is 32.2. The first-order valence-electron chi connectivity index (χ1n) is 10.5. The van der Waals surface area contributed by atoms with Crippen molar-refractivity contribution in [2.45, 2.75) is 25.0 Å². The van der Waals surface area contributed by atoms with Gasteiger partial charge in [-0.05, 0) is 26.0 Å². The van der Waals surface area contributed by atoms with Crippen LogP contribution in [0.2, 0.25) is 0 Å². The van der Waals surface area contributed by atoms with Crippen molar-refractivity contribution in [3.8, 4) is 5.69 Å². The van der Waals surface area contributed by atoms with Crippen molar-refractivity contribution in [1.29, 1.82) is 0 Å². The number of aromatic nitrogens is 3. The molecule has 0 aliphatic carbocycles. The Labute approximate surface area is 190 Å². The minimum absolute atomic E-state index is 0.259. The summed E-state index contributed by atoms with van der Waals surface area (Å²) in [5.41, 5.74) is 1.86. The van der Waals surface area contributed by atoms with E-state index in [1.165, 1.54) is 11.8 Å². The molecule has 2 N–H and O–H groups in total. The number of carbonyl (C=O) groups is 2. The number of ether oxygens (including phenoxy) is 2. The number of esters is 1. The van der Waals surface area contributed by atoms with E-state index in [0.717, 1.165) is 24.7 Å². The number of thioether (sulfide) groups is 1. The van der Waals surface area contributed by atoms with Gasteiger partial charge < -0.3 is 25.0 Å². The first kappa shape index (κ1) is 22.2. The van der Waals surface area contributed by atoms with E-state index in [0.29, 0.717) is 35.4 Å². The molecule has 2 aromatic rings. The fourth-order valence-corrected chi connectivity index (χ4v) is 4.57. The summed E-state index contributed by atoms with van der Waals surface area (Å²) in [4.78, 5) is 26.7. The van der Waals surface area contributed by atoms with Gasteiger partial charge in [-0.25, -0.2) is 9.59 Å². The molecule has 1 aromatic carbocycles. The molecule has 2 aliphatic heterocycles. The van der Waals surface area contributed by atoms with Crippen molar-refractivity contribution in [1.82, 2.24) is 25.4 Å². The smallest absolute Gasteiger partial charge is 0.337 e. The van der Waals surface area contributed by atoms with Gasteiger partial charge in [-0.15, -0.1) is 10.2 Å². The molecule has 0 bridgehead atoms. The van der Waals surface area contributed by atoms with Crippen LogP contribution in [0.5, 0.6) is 0 Å². The summed E-state index contributed by atoms with van der Waals surface area (Å²) < 4.78 is 12.7. The second-order valence-corrected chi connectivity index (χ2v) is 8.22. The van der Waals surface area contributed by atoms with Crippen LogP contribution in [0.15, 0.2) is 46.8 Å². The first-order chi connectivity index (χ1) is 15.6. The SMILES string of the molecule is CCOC(=O)C1=C(CSc2nnc(N3CCOCC3)n2-c2ccccc2)NC(=O)NC1C. The molecule has 0 spiro atoms. The van der Waals surface area contributed by atoms with Crippen molar-refractivity contribution < 1.29 is 19.1 Å². The van der Waals surface area contributed by atoms with Gasteiger partial charge in [-0.2, -0.15) is 0 Å². The van der Waals surface area contributed by atoms with Crippen molar-refractivity contribution >= 4 is 29.7 Å². The van der Waals surface area contributed by atoms with Gasteiger partial charge in [0.05, 0.1) is 37.1 Å². The highest BCUT2D eigenvalue weighted by Gasteiger charge is 2.30. The fraction of sp³-hybridized carbons (Fsp3) is 0.429. The largest absolute Gasteiger partial charge is 0.463 e. The zero-order valence-electron chi connectivity index (χ0n) is 18.0. The van der Waals surface area contributed by atoms with E-state index in [-0.39, 0.29) is 12.6 Å². The Morgan fingerprint density at radius 1 is 1.25 bits per heavy atom. The number of hydrogen-bond acceptors (Lipinski definition) is 8. The first-order valence-corrected chi connectivity index (χ1v) is 11.5. The number of nitrogens with zero attached hydrogens (tertiary/aromatic N) is 4. The minimum Gasteiger partial charge on any atom is -0.463 e. The number of hydrogen-bond donors (Lipinski definition) is 2. The lowest BCUT2D eigenvalue weighted by Gasteiger charge is -2.28. The Morgan fingerprint density at radius 3 is 2.72 bits per heavy atom. The Hall–Kier alpha value is -3.05. The van der Waals surface area contributed by atoms with Gasteiger partial charge in [-0.1, -0.05) is 30.0 Å². The standard InChI is InChI=1S/C21H26N6O4S/c1-3-31-18(28)17-14(2)22-19(29)23-16(17)13-32-21-25-24-20(26-9-11-30-12-10-26)27(21)15-7-5-4-6-8-15/h4-8,14H,3,9-13H2,1-2H3,(H2,22,23,29). The van der Waals surface area contributed by atoms with Gasteiger partial charge in [-0.3, -0.25) is 4.57 Å². The number of benzene rings is 1. The maximum atomic E-state index is 12.5. The average Bonchev–Trinajstić information content (AvgIpc) is 3.22.